The molecule has 0 spiro atoms. The quantitative estimate of drug-likeness (QED) is 0.157. The van der Waals surface area contributed by atoms with Gasteiger partial charge in [-0.05, 0) is 155 Å². The predicted octanol–water partition coefficient (Wildman–Crippen LogP) is 16.3. The second kappa shape index (κ2) is 14.8. The summed E-state index contributed by atoms with van der Waals surface area (Å²) >= 11 is 0. The van der Waals surface area contributed by atoms with Crippen molar-refractivity contribution in [3.63, 3.8) is 0 Å². The summed E-state index contributed by atoms with van der Waals surface area (Å²) in [6, 6.07) is 60.2. The Labute approximate surface area is 350 Å². The number of nitrogens with zero attached hydrogens (tertiary/aromatic N) is 2. The number of rotatable bonds is 7. The van der Waals surface area contributed by atoms with Gasteiger partial charge in [-0.3, -0.25) is 0 Å². The van der Waals surface area contributed by atoms with Crippen LogP contribution in [0.25, 0.3) is 49.7 Å². The van der Waals surface area contributed by atoms with Gasteiger partial charge in [0, 0.05) is 38.9 Å². The van der Waals surface area contributed by atoms with Crippen LogP contribution in [0.1, 0.15) is 112 Å². The topological polar surface area (TPSA) is 8.17 Å². The highest BCUT2D eigenvalue weighted by molar-refractivity contribution is 6.12. The van der Waals surface area contributed by atoms with Gasteiger partial charge in [0.1, 0.15) is 0 Å². The van der Waals surface area contributed by atoms with E-state index in [4.69, 9.17) is 0 Å². The molecule has 8 aromatic rings. The number of anilines is 3. The fourth-order valence-corrected chi connectivity index (χ4v) is 11.1. The van der Waals surface area contributed by atoms with Crippen molar-refractivity contribution < 1.29 is 0 Å². The van der Waals surface area contributed by atoms with Crippen LogP contribution in [0.5, 0.6) is 0 Å². The van der Waals surface area contributed by atoms with E-state index in [0.717, 1.165) is 0 Å². The summed E-state index contributed by atoms with van der Waals surface area (Å²) in [5.41, 5.74) is 18.1. The van der Waals surface area contributed by atoms with Crippen LogP contribution in [0.15, 0.2) is 158 Å². The van der Waals surface area contributed by atoms with Crippen molar-refractivity contribution in [3.05, 3.63) is 180 Å². The van der Waals surface area contributed by atoms with Crippen LogP contribution in [0.4, 0.5) is 17.1 Å². The molecule has 0 N–H and O–H groups in total. The fourth-order valence-electron chi connectivity index (χ4n) is 11.1. The molecular weight excluding hydrogens is 713 g/mol. The van der Waals surface area contributed by atoms with Crippen LogP contribution in [0.3, 0.4) is 0 Å². The lowest BCUT2D eigenvalue weighted by Crippen LogP contribution is -2.17. The molecule has 0 amide bonds. The zero-order valence-electron chi connectivity index (χ0n) is 34.6. The van der Waals surface area contributed by atoms with Gasteiger partial charge < -0.3 is 9.47 Å². The molecule has 0 radical (unpaired) electrons. The van der Waals surface area contributed by atoms with Gasteiger partial charge >= 0.3 is 0 Å². The average Bonchev–Trinajstić information content (AvgIpc) is 3.74. The number of aromatic nitrogens is 1. The normalized spacial score (nSPS) is 16.6. The molecule has 2 nitrogen and oxygen atoms in total. The maximum absolute atomic E-state index is 2.51. The van der Waals surface area contributed by atoms with E-state index in [1.54, 1.807) is 0 Å². The van der Waals surface area contributed by atoms with Crippen molar-refractivity contribution in [2.75, 3.05) is 4.90 Å². The first-order chi connectivity index (χ1) is 29.0. The summed E-state index contributed by atoms with van der Waals surface area (Å²) in [5.74, 6) is 1.38. The number of para-hydroxylation sites is 1. The molecular formula is C57H54N2. The van der Waals surface area contributed by atoms with E-state index in [1.807, 2.05) is 0 Å². The molecule has 0 unspecified atom stereocenters. The van der Waals surface area contributed by atoms with Gasteiger partial charge in [0.15, 0.2) is 0 Å². The van der Waals surface area contributed by atoms with Gasteiger partial charge in [0.25, 0.3) is 0 Å². The molecule has 2 heteroatoms. The minimum Gasteiger partial charge on any atom is -0.310 e. The third-order valence-corrected chi connectivity index (χ3v) is 14.4. The van der Waals surface area contributed by atoms with E-state index in [1.165, 1.54) is 153 Å². The summed E-state index contributed by atoms with van der Waals surface area (Å²) in [6.07, 6.45) is 13.5. The lowest BCUT2D eigenvalue weighted by Gasteiger charge is -2.29. The molecule has 0 saturated heterocycles. The van der Waals surface area contributed by atoms with Crippen LogP contribution in [-0.2, 0) is 5.41 Å². The number of benzene rings is 7. The zero-order chi connectivity index (χ0) is 39.5. The maximum Gasteiger partial charge on any atom is 0.0544 e. The average molecular weight is 767 g/mol. The van der Waals surface area contributed by atoms with Crippen LogP contribution in [0, 0.1) is 0 Å². The largest absolute Gasteiger partial charge is 0.310 e. The Morgan fingerprint density at radius 2 is 0.983 bits per heavy atom. The molecule has 0 bridgehead atoms. The van der Waals surface area contributed by atoms with Gasteiger partial charge in [-0.15, -0.1) is 0 Å². The van der Waals surface area contributed by atoms with Crippen LogP contribution >= 0.6 is 0 Å². The highest BCUT2D eigenvalue weighted by atomic mass is 15.1. The molecule has 1 aromatic heterocycles. The van der Waals surface area contributed by atoms with Gasteiger partial charge in [-0.25, -0.2) is 0 Å². The fraction of sp³-hybridized carbons (Fsp3) is 0.263. The van der Waals surface area contributed by atoms with E-state index in [-0.39, 0.29) is 5.41 Å². The van der Waals surface area contributed by atoms with Gasteiger partial charge in [0.05, 0.1) is 11.0 Å². The summed E-state index contributed by atoms with van der Waals surface area (Å²) in [5, 5.41) is 2.58. The van der Waals surface area contributed by atoms with Crippen molar-refractivity contribution in [2.45, 2.75) is 95.3 Å². The second-order valence-corrected chi connectivity index (χ2v) is 18.2. The lowest BCUT2D eigenvalue weighted by atomic mass is 9.82. The third-order valence-electron chi connectivity index (χ3n) is 14.4. The smallest absolute Gasteiger partial charge is 0.0544 e. The number of fused-ring (bicyclic) bond motifs is 6. The lowest BCUT2D eigenvalue weighted by molar-refractivity contribution is 0.443. The van der Waals surface area contributed by atoms with E-state index in [2.05, 4.69) is 181 Å². The monoisotopic (exact) mass is 766 g/mol. The third kappa shape index (κ3) is 6.31. The van der Waals surface area contributed by atoms with Crippen LogP contribution in [0.2, 0.25) is 0 Å². The molecule has 3 aliphatic rings. The highest BCUT2D eigenvalue weighted by Gasteiger charge is 2.37. The maximum atomic E-state index is 2.51. The Bertz CT molecular complexity index is 2720. The van der Waals surface area contributed by atoms with Gasteiger partial charge in [0.2, 0.25) is 0 Å². The van der Waals surface area contributed by atoms with Gasteiger partial charge in [-0.2, -0.15) is 0 Å². The van der Waals surface area contributed by atoms with Crippen molar-refractivity contribution in [2.24, 2.45) is 0 Å². The second-order valence-electron chi connectivity index (χ2n) is 18.2. The van der Waals surface area contributed by atoms with E-state index < -0.39 is 0 Å². The first-order valence-corrected chi connectivity index (χ1v) is 22.4. The predicted molar refractivity (Wildman–Crippen MR) is 250 cm³/mol. The van der Waals surface area contributed by atoms with Crippen LogP contribution < -0.4 is 4.90 Å². The Morgan fingerprint density at radius 1 is 0.441 bits per heavy atom. The summed E-state index contributed by atoms with van der Waals surface area (Å²) in [4.78, 5) is 2.51. The van der Waals surface area contributed by atoms with E-state index in [0.29, 0.717) is 11.8 Å². The highest BCUT2D eigenvalue weighted by Crippen LogP contribution is 2.53. The molecule has 3 aliphatic carbocycles. The van der Waals surface area contributed by atoms with Crippen molar-refractivity contribution in [1.29, 1.82) is 0 Å². The number of hydrogen-bond donors (Lipinski definition) is 0. The summed E-state index contributed by atoms with van der Waals surface area (Å²) in [7, 11) is 0. The van der Waals surface area contributed by atoms with Crippen molar-refractivity contribution in [1.82, 2.24) is 4.57 Å². The first-order valence-electron chi connectivity index (χ1n) is 22.4. The molecule has 292 valence electrons. The Balaban J connectivity index is 1.04. The van der Waals surface area contributed by atoms with Gasteiger partial charge in [-0.1, -0.05) is 137 Å². The first kappa shape index (κ1) is 36.2. The van der Waals surface area contributed by atoms with E-state index in [9.17, 15) is 0 Å². The number of hydrogen-bond acceptors (Lipinski definition) is 1. The molecule has 1 heterocycles. The molecule has 2 saturated carbocycles. The Hall–Kier alpha value is -5.86. The summed E-state index contributed by atoms with van der Waals surface area (Å²) in [6.45, 7) is 4.86. The molecule has 0 atom stereocenters. The molecule has 59 heavy (non-hydrogen) atoms. The Morgan fingerprint density at radius 3 is 1.59 bits per heavy atom. The van der Waals surface area contributed by atoms with Crippen molar-refractivity contribution in [3.8, 4) is 27.9 Å². The minimum atomic E-state index is -0.191. The van der Waals surface area contributed by atoms with Crippen molar-refractivity contribution >= 4 is 38.9 Å². The SMILES string of the molecule is CC1(C)c2cc(N(c3ccc(C4CCCCC4)cc3)c3ccc(C4CCCCC4)cc3)ccc2-c2cc3c4cc(-c5ccccc5)ccc4n(-c4ccccc4)c3cc21. The minimum absolute atomic E-state index is 0.191. The molecule has 7 aromatic carbocycles. The summed E-state index contributed by atoms with van der Waals surface area (Å²) < 4.78 is 2.47. The zero-order valence-corrected chi connectivity index (χ0v) is 34.6. The molecule has 11 rings (SSSR count). The molecule has 0 aliphatic heterocycles. The van der Waals surface area contributed by atoms with E-state index >= 15 is 0 Å². The standard InChI is InChI=1S/C57H54N2/c1-57(2)53-36-48(58(46-28-23-42(24-29-46)39-15-7-3-8-16-39)47-30-25-43(26-31-47)40-17-9-4-10-18-40)32-33-49(53)50-37-52-51-35-44(41-19-11-5-12-20-41)27-34-55(51)59(56(52)38-54(50)57)45-21-13-6-14-22-45/h5-6,11-14,19-40H,3-4,7-10,15-18H2,1-2H3. The van der Waals surface area contributed by atoms with Crippen LogP contribution in [-0.4, -0.2) is 4.57 Å². The Kier molecular flexibility index (Phi) is 9.06. The molecule has 2 fully saturated rings.